The number of ketones is 1. The van der Waals surface area contributed by atoms with E-state index in [1.54, 1.807) is 56.7 Å². The fourth-order valence-corrected chi connectivity index (χ4v) is 4.06. The average Bonchev–Trinajstić information content (AvgIpc) is 3.08. The molecule has 1 aliphatic heterocycles. The zero-order chi connectivity index (χ0) is 22.8. The summed E-state index contributed by atoms with van der Waals surface area (Å²) in [5.41, 5.74) is 2.61. The van der Waals surface area contributed by atoms with E-state index in [4.69, 9.17) is 42.1 Å². The van der Waals surface area contributed by atoms with E-state index < -0.39 is 0 Å². The summed E-state index contributed by atoms with van der Waals surface area (Å²) >= 11 is 12.4. The van der Waals surface area contributed by atoms with Crippen LogP contribution in [-0.4, -0.2) is 20.0 Å². The Kier molecular flexibility index (Phi) is 6.31. The average molecular weight is 471 g/mol. The summed E-state index contributed by atoms with van der Waals surface area (Å²) in [5.74, 6) is 2.06. The van der Waals surface area contributed by atoms with E-state index in [0.717, 1.165) is 5.56 Å². The highest BCUT2D eigenvalue weighted by Gasteiger charge is 2.30. The first kappa shape index (κ1) is 22.1. The van der Waals surface area contributed by atoms with Crippen LogP contribution >= 0.6 is 23.2 Å². The van der Waals surface area contributed by atoms with Gasteiger partial charge in [0.05, 0.1) is 19.8 Å². The van der Waals surface area contributed by atoms with Crippen molar-refractivity contribution >= 4 is 35.1 Å². The molecule has 4 rings (SSSR count). The molecule has 164 valence electrons. The second-order valence-electron chi connectivity index (χ2n) is 7.12. The van der Waals surface area contributed by atoms with Gasteiger partial charge in [0.25, 0.3) is 0 Å². The van der Waals surface area contributed by atoms with Gasteiger partial charge in [0.1, 0.15) is 18.1 Å². The summed E-state index contributed by atoms with van der Waals surface area (Å²) in [6, 6.07) is 14.2. The number of benzene rings is 3. The highest BCUT2D eigenvalue weighted by molar-refractivity contribution is 6.35. The zero-order valence-electron chi connectivity index (χ0n) is 17.7. The van der Waals surface area contributed by atoms with Crippen molar-refractivity contribution in [3.8, 4) is 23.0 Å². The number of carbonyl (C=O) groups is 1. The number of Topliss-reactive ketones (excluding diaryl/α,β-unsaturated/α-hetero) is 1. The van der Waals surface area contributed by atoms with Crippen LogP contribution in [0.2, 0.25) is 10.0 Å². The lowest BCUT2D eigenvalue weighted by Crippen LogP contribution is -2.01. The normalized spacial score (nSPS) is 13.7. The van der Waals surface area contributed by atoms with Gasteiger partial charge in [-0.1, -0.05) is 41.4 Å². The monoisotopic (exact) mass is 470 g/mol. The molecule has 0 saturated carbocycles. The number of rotatable bonds is 6. The van der Waals surface area contributed by atoms with Crippen molar-refractivity contribution in [1.29, 1.82) is 0 Å². The van der Waals surface area contributed by atoms with E-state index in [2.05, 4.69) is 0 Å². The molecule has 0 aromatic heterocycles. The van der Waals surface area contributed by atoms with E-state index in [-0.39, 0.29) is 18.1 Å². The van der Waals surface area contributed by atoms with E-state index in [1.165, 1.54) is 0 Å². The molecular weight excluding hydrogens is 451 g/mol. The largest absolute Gasteiger partial charge is 0.493 e. The fourth-order valence-electron chi connectivity index (χ4n) is 3.55. The number of ether oxygens (including phenoxy) is 4. The maximum atomic E-state index is 13.0. The number of hydrogen-bond donors (Lipinski definition) is 0. The first-order chi connectivity index (χ1) is 15.4. The van der Waals surface area contributed by atoms with Gasteiger partial charge in [0.15, 0.2) is 17.3 Å². The minimum atomic E-state index is -0.205. The zero-order valence-corrected chi connectivity index (χ0v) is 19.2. The second-order valence-corrected chi connectivity index (χ2v) is 7.94. The van der Waals surface area contributed by atoms with Gasteiger partial charge in [0.2, 0.25) is 5.78 Å². The highest BCUT2D eigenvalue weighted by Crippen LogP contribution is 2.39. The molecule has 0 aliphatic carbocycles. The molecule has 0 atom stereocenters. The van der Waals surface area contributed by atoms with Crippen LogP contribution in [0.1, 0.15) is 27.0 Å². The van der Waals surface area contributed by atoms with Gasteiger partial charge in [-0.15, -0.1) is 0 Å². The smallest absolute Gasteiger partial charge is 0.232 e. The molecule has 3 aromatic rings. The van der Waals surface area contributed by atoms with Gasteiger partial charge in [-0.05, 0) is 42.8 Å². The molecule has 0 radical (unpaired) electrons. The van der Waals surface area contributed by atoms with Gasteiger partial charge in [-0.3, -0.25) is 4.79 Å². The minimum absolute atomic E-state index is 0.189. The lowest BCUT2D eigenvalue weighted by atomic mass is 10.0. The van der Waals surface area contributed by atoms with E-state index >= 15 is 0 Å². The molecule has 3 aromatic carbocycles. The third kappa shape index (κ3) is 4.14. The van der Waals surface area contributed by atoms with Crippen LogP contribution in [0.4, 0.5) is 0 Å². The van der Waals surface area contributed by atoms with Gasteiger partial charge < -0.3 is 18.9 Å². The standard InChI is InChI=1S/C25H20Cl2O5/c1-14-10-16(31-13-17-18(26)7-5-8-19(17)27)12-21-23(14)24(28)22(32-21)11-15-6-4-9-20(29-2)25(15)30-3/h4-12H,13H2,1-3H3/b22-11-. The SMILES string of the molecule is COc1cccc(/C=C2\Oc3cc(OCc4c(Cl)cccc4Cl)cc(C)c3C2=O)c1OC. The van der Waals surface area contributed by atoms with Crippen LogP contribution in [0.5, 0.6) is 23.0 Å². The number of hydrogen-bond acceptors (Lipinski definition) is 5. The topological polar surface area (TPSA) is 54.0 Å². The summed E-state index contributed by atoms with van der Waals surface area (Å²) in [7, 11) is 3.10. The molecule has 1 aliphatic rings. The molecule has 7 heteroatoms. The van der Waals surface area contributed by atoms with Crippen LogP contribution in [0.25, 0.3) is 6.08 Å². The lowest BCUT2D eigenvalue weighted by molar-refractivity contribution is 0.101. The second kappa shape index (κ2) is 9.15. The molecule has 0 saturated heterocycles. The molecule has 1 heterocycles. The van der Waals surface area contributed by atoms with E-state index in [9.17, 15) is 4.79 Å². The van der Waals surface area contributed by atoms with Crippen LogP contribution in [0.3, 0.4) is 0 Å². The maximum Gasteiger partial charge on any atom is 0.232 e. The third-order valence-corrected chi connectivity index (χ3v) is 5.82. The van der Waals surface area contributed by atoms with Gasteiger partial charge in [-0.25, -0.2) is 0 Å². The third-order valence-electron chi connectivity index (χ3n) is 5.11. The van der Waals surface area contributed by atoms with Gasteiger partial charge >= 0.3 is 0 Å². The van der Waals surface area contributed by atoms with Crippen molar-refractivity contribution in [3.05, 3.63) is 86.6 Å². The molecule has 0 bridgehead atoms. The molecule has 0 spiro atoms. The maximum absolute atomic E-state index is 13.0. The molecule has 0 N–H and O–H groups in total. The summed E-state index contributed by atoms with van der Waals surface area (Å²) in [4.78, 5) is 13.0. The number of halogens is 2. The van der Waals surface area contributed by atoms with Crippen molar-refractivity contribution < 1.29 is 23.7 Å². The summed E-state index contributed by atoms with van der Waals surface area (Å²) in [6.45, 7) is 2.03. The molecule has 0 amide bonds. The summed E-state index contributed by atoms with van der Waals surface area (Å²) in [6.07, 6.45) is 1.65. The van der Waals surface area contributed by atoms with E-state index in [1.807, 2.05) is 19.1 Å². The minimum Gasteiger partial charge on any atom is -0.493 e. The number of allylic oxidation sites excluding steroid dienone is 1. The first-order valence-corrected chi connectivity index (χ1v) is 10.5. The number of methoxy groups -OCH3 is 2. The quantitative estimate of drug-likeness (QED) is 0.384. The summed E-state index contributed by atoms with van der Waals surface area (Å²) < 4.78 is 22.6. The fraction of sp³-hybridized carbons (Fsp3) is 0.160. The Balaban J connectivity index is 1.62. The highest BCUT2D eigenvalue weighted by atomic mass is 35.5. The predicted octanol–water partition coefficient (Wildman–Crippen LogP) is 6.51. The molecule has 32 heavy (non-hydrogen) atoms. The van der Waals surface area contributed by atoms with E-state index in [0.29, 0.717) is 49.7 Å². The Morgan fingerprint density at radius 1 is 1.00 bits per heavy atom. The first-order valence-electron chi connectivity index (χ1n) is 9.78. The Bertz CT molecular complexity index is 1210. The predicted molar refractivity (Wildman–Crippen MR) is 124 cm³/mol. The number of carbonyl (C=O) groups excluding carboxylic acids is 1. The Morgan fingerprint density at radius 3 is 2.41 bits per heavy atom. The Labute approximate surface area is 196 Å². The Morgan fingerprint density at radius 2 is 1.72 bits per heavy atom. The van der Waals surface area contributed by atoms with Crippen LogP contribution in [0.15, 0.2) is 54.3 Å². The number of aryl methyl sites for hydroxylation is 1. The lowest BCUT2D eigenvalue weighted by Gasteiger charge is -2.11. The van der Waals surface area contributed by atoms with Crippen LogP contribution in [-0.2, 0) is 6.61 Å². The van der Waals surface area contributed by atoms with Gasteiger partial charge in [0, 0.05) is 27.2 Å². The van der Waals surface area contributed by atoms with Gasteiger partial charge in [-0.2, -0.15) is 0 Å². The van der Waals surface area contributed by atoms with Crippen LogP contribution < -0.4 is 18.9 Å². The molecular formula is C25H20Cl2O5. The number of fused-ring (bicyclic) bond motifs is 1. The van der Waals surface area contributed by atoms with Crippen molar-refractivity contribution in [3.63, 3.8) is 0 Å². The van der Waals surface area contributed by atoms with Crippen LogP contribution in [0, 0.1) is 6.92 Å². The molecule has 0 fully saturated rings. The van der Waals surface area contributed by atoms with Crippen molar-refractivity contribution in [2.75, 3.05) is 14.2 Å². The Hall–Kier alpha value is -3.15. The van der Waals surface area contributed by atoms with Crippen molar-refractivity contribution in [1.82, 2.24) is 0 Å². The van der Waals surface area contributed by atoms with Crippen molar-refractivity contribution in [2.24, 2.45) is 0 Å². The molecule has 5 nitrogen and oxygen atoms in total. The van der Waals surface area contributed by atoms with Crippen molar-refractivity contribution in [2.45, 2.75) is 13.5 Å². The number of para-hydroxylation sites is 1. The molecule has 0 unspecified atom stereocenters. The summed E-state index contributed by atoms with van der Waals surface area (Å²) in [5, 5.41) is 1.05.